The number of carbonyl (C=O) groups excluding carboxylic acids is 1. The van der Waals surface area contributed by atoms with Crippen molar-refractivity contribution < 1.29 is 9.53 Å². The maximum Gasteiger partial charge on any atom is 0.246 e. The van der Waals surface area contributed by atoms with Gasteiger partial charge in [0.15, 0.2) is 5.82 Å². The van der Waals surface area contributed by atoms with Crippen molar-refractivity contribution in [2.24, 2.45) is 0 Å². The number of aryl methyl sites for hydroxylation is 1. The van der Waals surface area contributed by atoms with Gasteiger partial charge in [0, 0.05) is 35.4 Å². The number of imidazole rings is 1. The molecule has 0 radical (unpaired) electrons. The predicted molar refractivity (Wildman–Crippen MR) is 116 cm³/mol. The zero-order valence-corrected chi connectivity index (χ0v) is 16.6. The number of H-pyrrole nitrogens is 1. The fourth-order valence-electron chi connectivity index (χ4n) is 3.30. The van der Waals surface area contributed by atoms with E-state index >= 15 is 0 Å². The van der Waals surface area contributed by atoms with Gasteiger partial charge in [-0.05, 0) is 55.5 Å². The van der Waals surface area contributed by atoms with Crippen LogP contribution in [0, 0.1) is 6.92 Å². The van der Waals surface area contributed by atoms with Crippen molar-refractivity contribution in [3.63, 3.8) is 0 Å². The van der Waals surface area contributed by atoms with Crippen molar-refractivity contribution in [3.8, 4) is 22.9 Å². The van der Waals surface area contributed by atoms with Crippen LogP contribution >= 0.6 is 0 Å². The van der Waals surface area contributed by atoms with Gasteiger partial charge in [-0.15, -0.1) is 0 Å². The summed E-state index contributed by atoms with van der Waals surface area (Å²) in [6.45, 7) is 1.91. The third kappa shape index (κ3) is 3.64. The van der Waals surface area contributed by atoms with Crippen LogP contribution in [0.3, 0.4) is 0 Å². The highest BCUT2D eigenvalue weighted by Crippen LogP contribution is 2.30. The smallest absolute Gasteiger partial charge is 0.246 e. The molecule has 5 rings (SSSR count). The number of nitrogens with zero attached hydrogens (tertiary/aromatic N) is 4. The molecular weight excluding hydrogens is 390 g/mol. The molecule has 0 aliphatic heterocycles. The molecule has 0 spiro atoms. The van der Waals surface area contributed by atoms with Crippen molar-refractivity contribution >= 4 is 16.8 Å². The van der Waals surface area contributed by atoms with Crippen LogP contribution in [-0.2, 0) is 0 Å². The number of carbonyl (C=O) groups is 1. The van der Waals surface area contributed by atoms with E-state index in [2.05, 4.69) is 24.9 Å². The SMILES string of the molecule is Cc1ncccc1-c1nccnc1Oc1ccc(C(=O)c2nc3ccccc3[nH]2)cc1. The summed E-state index contributed by atoms with van der Waals surface area (Å²) < 4.78 is 5.97. The van der Waals surface area contributed by atoms with Crippen LogP contribution in [0.15, 0.2) is 79.3 Å². The second-order valence-electron chi connectivity index (χ2n) is 6.90. The number of aromatic nitrogens is 5. The third-order valence-electron chi connectivity index (χ3n) is 4.86. The molecular formula is C24H17N5O2. The molecule has 0 aliphatic rings. The molecule has 0 fully saturated rings. The minimum atomic E-state index is -0.186. The van der Waals surface area contributed by atoms with Gasteiger partial charge in [-0.2, -0.15) is 0 Å². The molecule has 0 atom stereocenters. The average molecular weight is 407 g/mol. The molecule has 5 aromatic rings. The van der Waals surface area contributed by atoms with E-state index in [1.807, 2.05) is 43.3 Å². The van der Waals surface area contributed by atoms with Crippen LogP contribution in [0.4, 0.5) is 0 Å². The molecule has 0 amide bonds. The number of benzene rings is 2. The number of ether oxygens (including phenoxy) is 1. The van der Waals surface area contributed by atoms with Gasteiger partial charge in [-0.1, -0.05) is 12.1 Å². The minimum absolute atomic E-state index is 0.186. The number of pyridine rings is 1. The molecule has 0 bridgehead atoms. The summed E-state index contributed by atoms with van der Waals surface area (Å²) >= 11 is 0. The Labute approximate surface area is 177 Å². The van der Waals surface area contributed by atoms with E-state index in [1.165, 1.54) is 0 Å². The molecule has 0 aliphatic carbocycles. The van der Waals surface area contributed by atoms with Crippen LogP contribution in [0.2, 0.25) is 0 Å². The Kier molecular flexibility index (Phi) is 4.68. The van der Waals surface area contributed by atoms with Gasteiger partial charge in [0.2, 0.25) is 11.7 Å². The normalized spacial score (nSPS) is 10.9. The molecule has 1 N–H and O–H groups in total. The molecule has 0 saturated heterocycles. The summed E-state index contributed by atoms with van der Waals surface area (Å²) in [5.41, 5.74) is 4.38. The molecule has 31 heavy (non-hydrogen) atoms. The first-order valence-corrected chi connectivity index (χ1v) is 9.69. The predicted octanol–water partition coefficient (Wildman–Crippen LogP) is 4.75. The Balaban J connectivity index is 1.40. The lowest BCUT2D eigenvalue weighted by molar-refractivity contribution is 0.103. The standard InChI is InChI=1S/C24H17N5O2/c1-15-18(5-4-12-25-15)21-24(27-14-13-26-21)31-17-10-8-16(9-11-17)22(30)23-28-19-6-2-3-7-20(19)29-23/h2-14H,1H3,(H,28,29). The molecule has 0 saturated carbocycles. The third-order valence-corrected chi connectivity index (χ3v) is 4.86. The summed E-state index contributed by atoms with van der Waals surface area (Å²) in [7, 11) is 0. The number of para-hydroxylation sites is 2. The number of aromatic amines is 1. The first-order chi connectivity index (χ1) is 15.2. The van der Waals surface area contributed by atoms with E-state index in [9.17, 15) is 4.79 Å². The number of hydrogen-bond donors (Lipinski definition) is 1. The first kappa shape index (κ1) is 18.6. The van der Waals surface area contributed by atoms with E-state index in [4.69, 9.17) is 4.74 Å². The van der Waals surface area contributed by atoms with E-state index in [-0.39, 0.29) is 5.78 Å². The summed E-state index contributed by atoms with van der Waals surface area (Å²) in [5.74, 6) is 1.03. The lowest BCUT2D eigenvalue weighted by atomic mass is 10.1. The second-order valence-corrected chi connectivity index (χ2v) is 6.90. The number of ketones is 1. The number of nitrogens with one attached hydrogen (secondary N) is 1. The van der Waals surface area contributed by atoms with Crippen molar-refractivity contribution in [1.29, 1.82) is 0 Å². The first-order valence-electron chi connectivity index (χ1n) is 9.69. The van der Waals surface area contributed by atoms with Gasteiger partial charge >= 0.3 is 0 Å². The minimum Gasteiger partial charge on any atom is -0.437 e. The van der Waals surface area contributed by atoms with Crippen LogP contribution in [0.25, 0.3) is 22.3 Å². The maximum atomic E-state index is 12.8. The van der Waals surface area contributed by atoms with Crippen molar-refractivity contribution in [1.82, 2.24) is 24.9 Å². The average Bonchev–Trinajstić information content (AvgIpc) is 3.24. The zero-order valence-electron chi connectivity index (χ0n) is 16.6. The molecule has 2 aromatic carbocycles. The summed E-state index contributed by atoms with van der Waals surface area (Å²) in [6, 6.07) is 18.2. The highest BCUT2D eigenvalue weighted by atomic mass is 16.5. The molecule has 3 aromatic heterocycles. The zero-order chi connectivity index (χ0) is 21.2. The summed E-state index contributed by atoms with van der Waals surface area (Å²) in [4.78, 5) is 33.3. The Morgan fingerprint density at radius 1 is 0.871 bits per heavy atom. The number of hydrogen-bond acceptors (Lipinski definition) is 6. The van der Waals surface area contributed by atoms with E-state index in [1.54, 1.807) is 42.9 Å². The summed E-state index contributed by atoms with van der Waals surface area (Å²) in [5, 5.41) is 0. The van der Waals surface area contributed by atoms with Crippen LogP contribution in [-0.4, -0.2) is 30.7 Å². The topological polar surface area (TPSA) is 93.7 Å². The van der Waals surface area contributed by atoms with Crippen LogP contribution in [0.1, 0.15) is 21.9 Å². The van der Waals surface area contributed by atoms with Crippen LogP contribution in [0.5, 0.6) is 11.6 Å². The van der Waals surface area contributed by atoms with E-state index in [0.717, 1.165) is 22.3 Å². The van der Waals surface area contributed by atoms with Gasteiger partial charge in [0.05, 0.1) is 11.0 Å². The number of rotatable bonds is 5. The Morgan fingerprint density at radius 2 is 1.68 bits per heavy atom. The monoisotopic (exact) mass is 407 g/mol. The molecule has 7 heteroatoms. The number of fused-ring (bicyclic) bond motifs is 1. The highest BCUT2D eigenvalue weighted by molar-refractivity contribution is 6.08. The quantitative estimate of drug-likeness (QED) is 0.423. The summed E-state index contributed by atoms with van der Waals surface area (Å²) in [6.07, 6.45) is 4.92. The fourth-order valence-corrected chi connectivity index (χ4v) is 3.30. The van der Waals surface area contributed by atoms with Gasteiger partial charge < -0.3 is 9.72 Å². The van der Waals surface area contributed by atoms with Gasteiger partial charge in [0.25, 0.3) is 0 Å². The Bertz CT molecular complexity index is 1360. The molecule has 0 unspecified atom stereocenters. The van der Waals surface area contributed by atoms with Crippen molar-refractivity contribution in [2.75, 3.05) is 0 Å². The molecule has 3 heterocycles. The second kappa shape index (κ2) is 7.79. The maximum absolute atomic E-state index is 12.8. The lowest BCUT2D eigenvalue weighted by Crippen LogP contribution is -2.03. The van der Waals surface area contributed by atoms with Gasteiger partial charge in [0.1, 0.15) is 11.4 Å². The highest BCUT2D eigenvalue weighted by Gasteiger charge is 2.16. The van der Waals surface area contributed by atoms with Gasteiger partial charge in [-0.3, -0.25) is 9.78 Å². The molecule has 7 nitrogen and oxygen atoms in total. The molecule has 150 valence electrons. The lowest BCUT2D eigenvalue weighted by Gasteiger charge is -2.10. The Morgan fingerprint density at radius 3 is 2.48 bits per heavy atom. The largest absolute Gasteiger partial charge is 0.437 e. The van der Waals surface area contributed by atoms with Crippen molar-refractivity contribution in [2.45, 2.75) is 6.92 Å². The van der Waals surface area contributed by atoms with Gasteiger partial charge in [-0.25, -0.2) is 15.0 Å². The van der Waals surface area contributed by atoms with Crippen molar-refractivity contribution in [3.05, 3.63) is 96.3 Å². The van der Waals surface area contributed by atoms with E-state index < -0.39 is 0 Å². The Hall–Kier alpha value is -4.39. The fraction of sp³-hybridized carbons (Fsp3) is 0.0417. The van der Waals surface area contributed by atoms with Crippen LogP contribution < -0.4 is 4.74 Å². The van der Waals surface area contributed by atoms with E-state index in [0.29, 0.717) is 28.7 Å².